The van der Waals surface area contributed by atoms with Crippen LogP contribution in [-0.4, -0.2) is 54.2 Å². The molecule has 8 nitrogen and oxygen atoms in total. The number of methoxy groups -OCH3 is 1. The summed E-state index contributed by atoms with van der Waals surface area (Å²) >= 11 is 0. The Balaban J connectivity index is 1.75. The molecule has 2 heterocycles. The monoisotopic (exact) mass is 453 g/mol. The molecule has 2 aromatic carbocycles. The molecule has 0 bridgehead atoms. The van der Waals surface area contributed by atoms with Crippen molar-refractivity contribution in [2.45, 2.75) is 26.6 Å². The number of nitrogens with one attached hydrogen (secondary N) is 1. The summed E-state index contributed by atoms with van der Waals surface area (Å²) in [5.74, 6) is 0.737. The molecule has 3 aromatic rings. The summed E-state index contributed by atoms with van der Waals surface area (Å²) in [5, 5.41) is 3.99. The third-order valence-electron chi connectivity index (χ3n) is 5.69. The van der Waals surface area contributed by atoms with Gasteiger partial charge in [-0.1, -0.05) is 6.07 Å². The summed E-state index contributed by atoms with van der Waals surface area (Å²) < 4.78 is 24.5. The Kier molecular flexibility index (Phi) is 6.60. The number of amides is 1. The SMILES string of the molecule is COc1cc2c(N[C@H](C)c3cc(C)cc(N)c3)nc(CF)nc2cc1C(=O)N1CCOCC1. The Bertz CT molecular complexity index is 1160. The van der Waals surface area contributed by atoms with Gasteiger partial charge in [-0.2, -0.15) is 0 Å². The molecule has 1 saturated heterocycles. The molecule has 1 aromatic heterocycles. The van der Waals surface area contributed by atoms with E-state index in [1.165, 1.54) is 7.11 Å². The van der Waals surface area contributed by atoms with Gasteiger partial charge in [0.05, 0.1) is 37.4 Å². The van der Waals surface area contributed by atoms with Crippen molar-refractivity contribution < 1.29 is 18.7 Å². The van der Waals surface area contributed by atoms with Gasteiger partial charge in [0.1, 0.15) is 18.2 Å². The minimum Gasteiger partial charge on any atom is -0.496 e. The first-order chi connectivity index (χ1) is 15.9. The second-order valence-electron chi connectivity index (χ2n) is 8.14. The van der Waals surface area contributed by atoms with E-state index >= 15 is 0 Å². The maximum Gasteiger partial charge on any atom is 0.257 e. The van der Waals surface area contributed by atoms with E-state index in [0.717, 1.165) is 11.1 Å². The van der Waals surface area contributed by atoms with E-state index in [1.807, 2.05) is 32.0 Å². The number of anilines is 2. The van der Waals surface area contributed by atoms with E-state index in [-0.39, 0.29) is 17.8 Å². The Hall–Kier alpha value is -3.46. The number of aromatic nitrogens is 2. The van der Waals surface area contributed by atoms with Crippen molar-refractivity contribution in [2.75, 3.05) is 44.5 Å². The van der Waals surface area contributed by atoms with Crippen molar-refractivity contribution in [3.63, 3.8) is 0 Å². The lowest BCUT2D eigenvalue weighted by atomic mass is 10.0. The molecule has 33 heavy (non-hydrogen) atoms. The van der Waals surface area contributed by atoms with Gasteiger partial charge in [-0.05, 0) is 49.2 Å². The topological polar surface area (TPSA) is 103 Å². The number of nitrogens with zero attached hydrogens (tertiary/aromatic N) is 3. The second kappa shape index (κ2) is 9.58. The average molecular weight is 454 g/mol. The van der Waals surface area contributed by atoms with E-state index in [4.69, 9.17) is 15.2 Å². The van der Waals surface area contributed by atoms with Crippen molar-refractivity contribution in [3.05, 3.63) is 52.8 Å². The van der Waals surface area contributed by atoms with Crippen LogP contribution in [0.1, 0.15) is 40.3 Å². The van der Waals surface area contributed by atoms with E-state index in [2.05, 4.69) is 15.3 Å². The molecule has 0 spiro atoms. The summed E-state index contributed by atoms with van der Waals surface area (Å²) in [6.45, 7) is 5.12. The van der Waals surface area contributed by atoms with Crippen LogP contribution in [0.5, 0.6) is 5.75 Å². The molecule has 0 aliphatic carbocycles. The predicted molar refractivity (Wildman–Crippen MR) is 125 cm³/mol. The Morgan fingerprint density at radius 3 is 2.67 bits per heavy atom. The molecule has 1 amide bonds. The van der Waals surface area contributed by atoms with Gasteiger partial charge in [-0.25, -0.2) is 14.4 Å². The van der Waals surface area contributed by atoms with Gasteiger partial charge in [-0.3, -0.25) is 4.79 Å². The van der Waals surface area contributed by atoms with Crippen molar-refractivity contribution in [1.29, 1.82) is 0 Å². The van der Waals surface area contributed by atoms with Crippen LogP contribution in [0, 0.1) is 6.92 Å². The zero-order chi connectivity index (χ0) is 23.5. The third-order valence-corrected chi connectivity index (χ3v) is 5.69. The first-order valence-corrected chi connectivity index (χ1v) is 10.8. The molecule has 0 saturated carbocycles. The van der Waals surface area contributed by atoms with Crippen LogP contribution in [0.15, 0.2) is 30.3 Å². The largest absolute Gasteiger partial charge is 0.496 e. The second-order valence-corrected chi connectivity index (χ2v) is 8.14. The smallest absolute Gasteiger partial charge is 0.257 e. The van der Waals surface area contributed by atoms with E-state index in [9.17, 15) is 9.18 Å². The summed E-state index contributed by atoms with van der Waals surface area (Å²) in [6.07, 6.45) is 0. The summed E-state index contributed by atoms with van der Waals surface area (Å²) in [5.41, 5.74) is 9.54. The predicted octanol–water partition coefficient (Wildman–Crippen LogP) is 3.64. The van der Waals surface area contributed by atoms with Crippen LogP contribution in [0.3, 0.4) is 0 Å². The van der Waals surface area contributed by atoms with Crippen LogP contribution in [0.4, 0.5) is 15.9 Å². The molecule has 1 aliphatic heterocycles. The number of carbonyl (C=O) groups excluding carboxylic acids is 1. The van der Waals surface area contributed by atoms with Crippen LogP contribution in [0.2, 0.25) is 0 Å². The summed E-state index contributed by atoms with van der Waals surface area (Å²) in [7, 11) is 1.51. The van der Waals surface area contributed by atoms with Crippen molar-refractivity contribution in [2.24, 2.45) is 0 Å². The molecule has 1 atom stereocenters. The van der Waals surface area contributed by atoms with E-state index in [0.29, 0.717) is 60.0 Å². The van der Waals surface area contributed by atoms with Crippen LogP contribution >= 0.6 is 0 Å². The number of nitrogens with two attached hydrogens (primary N) is 1. The average Bonchev–Trinajstić information content (AvgIpc) is 2.82. The van der Waals surface area contributed by atoms with Crippen LogP contribution in [-0.2, 0) is 11.4 Å². The molecular weight excluding hydrogens is 425 g/mol. The van der Waals surface area contributed by atoms with Gasteiger partial charge < -0.3 is 25.4 Å². The van der Waals surface area contributed by atoms with Crippen molar-refractivity contribution in [3.8, 4) is 5.75 Å². The number of rotatable bonds is 6. The molecule has 174 valence electrons. The normalized spacial score (nSPS) is 14.8. The van der Waals surface area contributed by atoms with E-state index in [1.54, 1.807) is 17.0 Å². The molecule has 4 rings (SSSR count). The minimum absolute atomic E-state index is 0.0379. The van der Waals surface area contributed by atoms with Crippen LogP contribution < -0.4 is 15.8 Å². The minimum atomic E-state index is -0.824. The Morgan fingerprint density at radius 2 is 2.00 bits per heavy atom. The fourth-order valence-corrected chi connectivity index (χ4v) is 4.03. The van der Waals surface area contributed by atoms with Crippen molar-refractivity contribution >= 4 is 28.3 Å². The number of benzene rings is 2. The molecule has 1 fully saturated rings. The molecule has 0 radical (unpaired) electrons. The van der Waals surface area contributed by atoms with Crippen LogP contribution in [0.25, 0.3) is 10.9 Å². The first kappa shape index (κ1) is 22.7. The zero-order valence-corrected chi connectivity index (χ0v) is 19.0. The van der Waals surface area contributed by atoms with Gasteiger partial charge in [0.15, 0.2) is 5.82 Å². The standard InChI is InChI=1S/C24H28FN5O3/c1-14-8-16(10-17(26)9-14)15(2)27-23-18-12-21(32-3)19(11-20(18)28-22(13-25)29-23)24(31)30-4-6-33-7-5-30/h8-12,15H,4-7,13,26H2,1-3H3,(H,27,28,29)/t15-/m1/s1. The highest BCUT2D eigenvalue weighted by Gasteiger charge is 2.24. The fraction of sp³-hybridized carbons (Fsp3) is 0.375. The highest BCUT2D eigenvalue weighted by atomic mass is 19.1. The number of nitrogen functional groups attached to an aromatic ring is 1. The number of hydrogen-bond donors (Lipinski definition) is 2. The maximum absolute atomic E-state index is 13.6. The number of alkyl halides is 1. The van der Waals surface area contributed by atoms with Gasteiger partial charge in [0.2, 0.25) is 0 Å². The number of aryl methyl sites for hydroxylation is 1. The summed E-state index contributed by atoms with van der Waals surface area (Å²) in [4.78, 5) is 23.6. The maximum atomic E-state index is 13.6. The Morgan fingerprint density at radius 1 is 1.24 bits per heavy atom. The lowest BCUT2D eigenvalue weighted by Crippen LogP contribution is -2.40. The summed E-state index contributed by atoms with van der Waals surface area (Å²) in [6, 6.07) is 9.04. The van der Waals surface area contributed by atoms with Crippen molar-refractivity contribution in [1.82, 2.24) is 14.9 Å². The van der Waals surface area contributed by atoms with Gasteiger partial charge >= 0.3 is 0 Å². The lowest BCUT2D eigenvalue weighted by molar-refractivity contribution is 0.0301. The number of halogens is 1. The number of fused-ring (bicyclic) bond motifs is 1. The highest BCUT2D eigenvalue weighted by molar-refractivity contribution is 6.02. The highest BCUT2D eigenvalue weighted by Crippen LogP contribution is 2.32. The molecule has 1 aliphatic rings. The van der Waals surface area contributed by atoms with Gasteiger partial charge in [0.25, 0.3) is 5.91 Å². The molecule has 9 heteroatoms. The molecular formula is C24H28FN5O3. The number of hydrogen-bond acceptors (Lipinski definition) is 7. The lowest BCUT2D eigenvalue weighted by Gasteiger charge is -2.27. The third kappa shape index (κ3) is 4.83. The fourth-order valence-electron chi connectivity index (χ4n) is 4.03. The number of carbonyl (C=O) groups is 1. The van der Waals surface area contributed by atoms with Gasteiger partial charge in [-0.15, -0.1) is 0 Å². The number of morpholine rings is 1. The Labute approximate surface area is 191 Å². The quantitative estimate of drug-likeness (QED) is 0.549. The molecule has 0 unspecified atom stereocenters. The van der Waals surface area contributed by atoms with Gasteiger partial charge in [0, 0.05) is 24.2 Å². The van der Waals surface area contributed by atoms with E-state index < -0.39 is 6.67 Å². The first-order valence-electron chi connectivity index (χ1n) is 10.8. The number of ether oxygens (including phenoxy) is 2. The molecule has 3 N–H and O–H groups in total. The zero-order valence-electron chi connectivity index (χ0n) is 19.0.